The predicted octanol–water partition coefficient (Wildman–Crippen LogP) is 1.95. The molecule has 1 aromatic rings. The molecular weight excluding hydrogens is 188 g/mol. The van der Waals surface area contributed by atoms with Crippen LogP contribution in [0, 0.1) is 0 Å². The third-order valence-corrected chi connectivity index (χ3v) is 3.22. The number of pyridine rings is 1. The Morgan fingerprint density at radius 2 is 2.47 bits per heavy atom. The quantitative estimate of drug-likeness (QED) is 0.821. The Morgan fingerprint density at radius 3 is 3.20 bits per heavy atom. The van der Waals surface area contributed by atoms with Crippen LogP contribution in [0.25, 0.3) is 0 Å². The zero-order valence-electron chi connectivity index (χ0n) is 9.19. The van der Waals surface area contributed by atoms with E-state index >= 15 is 0 Å². The Balaban J connectivity index is 2.27. The first-order valence-electron chi connectivity index (χ1n) is 5.67. The van der Waals surface area contributed by atoms with Crippen LogP contribution < -0.4 is 4.90 Å². The number of hydrogen-bond donors (Lipinski definition) is 1. The first-order valence-corrected chi connectivity index (χ1v) is 5.67. The SMILES string of the molecule is CCC1CCCN1c1cnccc1CO. The van der Waals surface area contributed by atoms with Crippen LogP contribution in [-0.4, -0.2) is 22.7 Å². The van der Waals surface area contributed by atoms with E-state index in [2.05, 4.69) is 16.8 Å². The molecule has 1 atom stereocenters. The van der Waals surface area contributed by atoms with Gasteiger partial charge in [-0.25, -0.2) is 0 Å². The predicted molar refractivity (Wildman–Crippen MR) is 60.8 cm³/mol. The van der Waals surface area contributed by atoms with Crippen molar-refractivity contribution in [1.82, 2.24) is 4.98 Å². The highest BCUT2D eigenvalue weighted by atomic mass is 16.3. The molecule has 1 aromatic heterocycles. The highest BCUT2D eigenvalue weighted by molar-refractivity contribution is 5.53. The van der Waals surface area contributed by atoms with E-state index < -0.39 is 0 Å². The zero-order valence-corrected chi connectivity index (χ0v) is 9.19. The summed E-state index contributed by atoms with van der Waals surface area (Å²) in [6.07, 6.45) is 7.29. The standard InChI is InChI=1S/C12H18N2O/c1-2-11-4-3-7-14(11)12-8-13-6-5-10(12)9-15/h5-6,8,11,15H,2-4,7,9H2,1H3. The van der Waals surface area contributed by atoms with Gasteiger partial charge in [0.2, 0.25) is 0 Å². The van der Waals surface area contributed by atoms with Crippen molar-refractivity contribution in [3.05, 3.63) is 24.0 Å². The summed E-state index contributed by atoms with van der Waals surface area (Å²) in [5.74, 6) is 0. The minimum atomic E-state index is 0.102. The van der Waals surface area contributed by atoms with Crippen molar-refractivity contribution in [3.63, 3.8) is 0 Å². The van der Waals surface area contributed by atoms with Gasteiger partial charge in [0.1, 0.15) is 0 Å². The number of aliphatic hydroxyl groups is 1. The minimum Gasteiger partial charge on any atom is -0.392 e. The molecule has 0 saturated carbocycles. The highest BCUT2D eigenvalue weighted by Gasteiger charge is 2.24. The highest BCUT2D eigenvalue weighted by Crippen LogP contribution is 2.29. The second-order valence-corrected chi connectivity index (χ2v) is 4.06. The van der Waals surface area contributed by atoms with Crippen LogP contribution in [0.1, 0.15) is 31.7 Å². The van der Waals surface area contributed by atoms with Crippen LogP contribution in [0.5, 0.6) is 0 Å². The van der Waals surface area contributed by atoms with Gasteiger partial charge in [-0.15, -0.1) is 0 Å². The van der Waals surface area contributed by atoms with E-state index in [1.54, 1.807) is 6.20 Å². The van der Waals surface area contributed by atoms with Gasteiger partial charge in [0.15, 0.2) is 0 Å². The average Bonchev–Trinajstić information content (AvgIpc) is 2.76. The average molecular weight is 206 g/mol. The third-order valence-electron chi connectivity index (χ3n) is 3.22. The van der Waals surface area contributed by atoms with Gasteiger partial charge in [0, 0.05) is 24.3 Å². The van der Waals surface area contributed by atoms with E-state index in [-0.39, 0.29) is 6.61 Å². The number of aliphatic hydroxyl groups excluding tert-OH is 1. The molecule has 0 aliphatic carbocycles. The number of rotatable bonds is 3. The summed E-state index contributed by atoms with van der Waals surface area (Å²) in [4.78, 5) is 6.54. The van der Waals surface area contributed by atoms with Crippen molar-refractivity contribution in [2.45, 2.75) is 38.8 Å². The summed E-state index contributed by atoms with van der Waals surface area (Å²) in [5, 5.41) is 9.28. The molecule has 0 spiro atoms. The van der Waals surface area contributed by atoms with Crippen LogP contribution >= 0.6 is 0 Å². The van der Waals surface area contributed by atoms with Gasteiger partial charge in [-0.2, -0.15) is 0 Å². The topological polar surface area (TPSA) is 36.4 Å². The lowest BCUT2D eigenvalue weighted by Gasteiger charge is -2.27. The number of anilines is 1. The lowest BCUT2D eigenvalue weighted by Crippen LogP contribution is -2.29. The Kier molecular flexibility index (Phi) is 3.21. The first-order chi connectivity index (χ1) is 7.36. The lowest BCUT2D eigenvalue weighted by molar-refractivity contribution is 0.282. The fourth-order valence-electron chi connectivity index (χ4n) is 2.38. The number of hydrogen-bond acceptors (Lipinski definition) is 3. The summed E-state index contributed by atoms with van der Waals surface area (Å²) < 4.78 is 0. The van der Waals surface area contributed by atoms with Gasteiger partial charge in [0.25, 0.3) is 0 Å². The second kappa shape index (κ2) is 4.62. The minimum absolute atomic E-state index is 0.102. The molecule has 1 fully saturated rings. The van der Waals surface area contributed by atoms with Crippen LogP contribution in [0.4, 0.5) is 5.69 Å². The van der Waals surface area contributed by atoms with E-state index in [9.17, 15) is 5.11 Å². The molecule has 2 rings (SSSR count). The van der Waals surface area contributed by atoms with Crippen LogP contribution in [-0.2, 0) is 6.61 Å². The van der Waals surface area contributed by atoms with Crippen molar-refractivity contribution >= 4 is 5.69 Å². The maximum Gasteiger partial charge on any atom is 0.0703 e. The summed E-state index contributed by atoms with van der Waals surface area (Å²) >= 11 is 0. The van der Waals surface area contributed by atoms with Crippen LogP contribution in [0.2, 0.25) is 0 Å². The largest absolute Gasteiger partial charge is 0.392 e. The second-order valence-electron chi connectivity index (χ2n) is 4.06. The zero-order chi connectivity index (χ0) is 10.7. The molecule has 3 nitrogen and oxygen atoms in total. The van der Waals surface area contributed by atoms with Crippen molar-refractivity contribution in [2.75, 3.05) is 11.4 Å². The monoisotopic (exact) mass is 206 g/mol. The van der Waals surface area contributed by atoms with E-state index in [1.807, 2.05) is 12.3 Å². The maximum atomic E-state index is 9.28. The van der Waals surface area contributed by atoms with Gasteiger partial charge in [-0.3, -0.25) is 4.98 Å². The summed E-state index contributed by atoms with van der Waals surface area (Å²) in [6, 6.07) is 2.53. The van der Waals surface area contributed by atoms with Gasteiger partial charge < -0.3 is 10.0 Å². The molecule has 1 unspecified atom stereocenters. The molecule has 82 valence electrons. The molecule has 0 bridgehead atoms. The van der Waals surface area contributed by atoms with Gasteiger partial charge in [-0.05, 0) is 25.3 Å². The molecule has 3 heteroatoms. The Labute approximate surface area is 90.8 Å². The van der Waals surface area contributed by atoms with Gasteiger partial charge in [0.05, 0.1) is 18.5 Å². The van der Waals surface area contributed by atoms with Crippen molar-refractivity contribution in [3.8, 4) is 0 Å². The van der Waals surface area contributed by atoms with Crippen molar-refractivity contribution in [2.24, 2.45) is 0 Å². The fourth-order valence-corrected chi connectivity index (χ4v) is 2.38. The van der Waals surface area contributed by atoms with Crippen molar-refractivity contribution < 1.29 is 5.11 Å². The normalized spacial score (nSPS) is 20.9. The fraction of sp³-hybridized carbons (Fsp3) is 0.583. The Bertz CT molecular complexity index is 327. The van der Waals surface area contributed by atoms with Crippen LogP contribution in [0.3, 0.4) is 0 Å². The molecule has 0 amide bonds. The van der Waals surface area contributed by atoms with Gasteiger partial charge >= 0.3 is 0 Å². The van der Waals surface area contributed by atoms with E-state index in [1.165, 1.54) is 19.3 Å². The Hall–Kier alpha value is -1.09. The molecule has 2 heterocycles. The maximum absolute atomic E-state index is 9.28. The molecule has 1 N–H and O–H groups in total. The molecule has 0 radical (unpaired) electrons. The summed E-state index contributed by atoms with van der Waals surface area (Å²) in [6.45, 7) is 3.42. The smallest absolute Gasteiger partial charge is 0.0703 e. The van der Waals surface area contributed by atoms with Gasteiger partial charge in [-0.1, -0.05) is 6.92 Å². The summed E-state index contributed by atoms with van der Waals surface area (Å²) in [5.41, 5.74) is 2.11. The molecule has 1 saturated heterocycles. The Morgan fingerprint density at radius 1 is 1.60 bits per heavy atom. The molecule has 1 aliphatic rings. The lowest BCUT2D eigenvalue weighted by atomic mass is 10.1. The van der Waals surface area contributed by atoms with Crippen LogP contribution in [0.15, 0.2) is 18.5 Å². The van der Waals surface area contributed by atoms with E-state index in [4.69, 9.17) is 0 Å². The molecule has 15 heavy (non-hydrogen) atoms. The molecular formula is C12H18N2O. The third kappa shape index (κ3) is 1.97. The molecule has 1 aliphatic heterocycles. The number of aromatic nitrogens is 1. The summed E-state index contributed by atoms with van der Waals surface area (Å²) in [7, 11) is 0. The first kappa shape index (κ1) is 10.4. The van der Waals surface area contributed by atoms with Crippen molar-refractivity contribution in [1.29, 1.82) is 0 Å². The van der Waals surface area contributed by atoms with E-state index in [0.29, 0.717) is 6.04 Å². The van der Waals surface area contributed by atoms with E-state index in [0.717, 1.165) is 17.8 Å². The number of nitrogens with zero attached hydrogens (tertiary/aromatic N) is 2. The molecule has 0 aromatic carbocycles.